The average molecular weight is 231 g/mol. The second-order valence-corrected chi connectivity index (χ2v) is 5.98. The first kappa shape index (κ1) is 9.86. The standard InChI is InChI=1S/C14H17NO2/c16-13-11-8-5-6-9(7-8)12(11)14(17)15(13)10-3-1-2-4-10/h5-6,8-12H,1-4,7H2/t8-,9-,11+,12+/m0/s1. The highest BCUT2D eigenvalue weighted by Gasteiger charge is 2.60. The number of imide groups is 1. The van der Waals surface area contributed by atoms with E-state index in [9.17, 15) is 9.59 Å². The van der Waals surface area contributed by atoms with E-state index in [0.717, 1.165) is 19.3 Å². The van der Waals surface area contributed by atoms with Crippen LogP contribution in [0.2, 0.25) is 0 Å². The van der Waals surface area contributed by atoms with Gasteiger partial charge >= 0.3 is 0 Å². The fraction of sp³-hybridized carbons (Fsp3) is 0.714. The van der Waals surface area contributed by atoms with E-state index in [4.69, 9.17) is 0 Å². The Labute approximate surface area is 101 Å². The Morgan fingerprint density at radius 1 is 0.941 bits per heavy atom. The third-order valence-electron chi connectivity index (χ3n) is 5.19. The van der Waals surface area contributed by atoms with Gasteiger partial charge in [-0.15, -0.1) is 0 Å². The molecule has 4 aliphatic rings. The van der Waals surface area contributed by atoms with Crippen LogP contribution < -0.4 is 0 Å². The van der Waals surface area contributed by atoms with Crippen molar-refractivity contribution in [2.75, 3.05) is 0 Å². The van der Waals surface area contributed by atoms with Crippen LogP contribution in [-0.2, 0) is 9.59 Å². The largest absolute Gasteiger partial charge is 0.279 e. The lowest BCUT2D eigenvalue weighted by Gasteiger charge is -2.23. The van der Waals surface area contributed by atoms with E-state index in [1.54, 1.807) is 4.90 Å². The van der Waals surface area contributed by atoms with Crippen molar-refractivity contribution in [3.63, 3.8) is 0 Å². The first-order valence-corrected chi connectivity index (χ1v) is 6.82. The van der Waals surface area contributed by atoms with Gasteiger partial charge in [0.05, 0.1) is 11.8 Å². The summed E-state index contributed by atoms with van der Waals surface area (Å²) >= 11 is 0. The number of likely N-dealkylation sites (tertiary alicyclic amines) is 1. The zero-order valence-corrected chi connectivity index (χ0v) is 9.84. The Balaban J connectivity index is 1.68. The number of hydrogen-bond donors (Lipinski definition) is 0. The molecule has 0 aromatic carbocycles. The van der Waals surface area contributed by atoms with Crippen molar-refractivity contribution in [1.29, 1.82) is 0 Å². The number of rotatable bonds is 1. The van der Waals surface area contributed by atoms with E-state index < -0.39 is 0 Å². The van der Waals surface area contributed by atoms with Crippen molar-refractivity contribution in [3.8, 4) is 0 Å². The summed E-state index contributed by atoms with van der Waals surface area (Å²) in [6.45, 7) is 0. The molecule has 3 fully saturated rings. The van der Waals surface area contributed by atoms with Crippen LogP contribution in [0.3, 0.4) is 0 Å². The molecule has 1 saturated heterocycles. The SMILES string of the molecule is O=C1[C@H]2[C@H](C(=O)N1C1CCCC1)[C@H]1C=C[C@H]2C1. The van der Waals surface area contributed by atoms with Crippen LogP contribution >= 0.6 is 0 Å². The van der Waals surface area contributed by atoms with E-state index in [1.807, 2.05) is 0 Å². The normalized spacial score (nSPS) is 44.1. The molecule has 2 saturated carbocycles. The van der Waals surface area contributed by atoms with Crippen molar-refractivity contribution in [2.24, 2.45) is 23.7 Å². The molecule has 1 aliphatic heterocycles. The lowest BCUT2D eigenvalue weighted by atomic mass is 9.85. The Hall–Kier alpha value is -1.12. The third kappa shape index (κ3) is 1.12. The molecule has 3 heteroatoms. The van der Waals surface area contributed by atoms with E-state index in [2.05, 4.69) is 12.2 Å². The van der Waals surface area contributed by atoms with Crippen LogP contribution in [0, 0.1) is 23.7 Å². The molecule has 4 atom stereocenters. The number of amides is 2. The summed E-state index contributed by atoms with van der Waals surface area (Å²) in [5, 5.41) is 0. The molecule has 90 valence electrons. The van der Waals surface area contributed by atoms with E-state index in [0.29, 0.717) is 11.8 Å². The van der Waals surface area contributed by atoms with Crippen molar-refractivity contribution in [2.45, 2.75) is 38.1 Å². The van der Waals surface area contributed by atoms with Crippen molar-refractivity contribution >= 4 is 11.8 Å². The Morgan fingerprint density at radius 3 is 2.00 bits per heavy atom. The Morgan fingerprint density at radius 2 is 1.47 bits per heavy atom. The molecule has 0 aromatic heterocycles. The quantitative estimate of drug-likeness (QED) is 0.509. The molecule has 3 aliphatic carbocycles. The van der Waals surface area contributed by atoms with Gasteiger partial charge in [0.25, 0.3) is 0 Å². The maximum Gasteiger partial charge on any atom is 0.233 e. The van der Waals surface area contributed by atoms with Crippen LogP contribution in [0.4, 0.5) is 0 Å². The van der Waals surface area contributed by atoms with Gasteiger partial charge in [-0.1, -0.05) is 25.0 Å². The minimum Gasteiger partial charge on any atom is -0.279 e. The smallest absolute Gasteiger partial charge is 0.233 e. The van der Waals surface area contributed by atoms with Gasteiger partial charge in [-0.3, -0.25) is 14.5 Å². The number of allylic oxidation sites excluding steroid dienone is 2. The summed E-state index contributed by atoms with van der Waals surface area (Å²) in [6.07, 6.45) is 9.75. The minimum absolute atomic E-state index is 0.00176. The molecule has 3 nitrogen and oxygen atoms in total. The highest BCUT2D eigenvalue weighted by atomic mass is 16.2. The molecule has 0 aromatic rings. The zero-order valence-electron chi connectivity index (χ0n) is 9.84. The summed E-state index contributed by atoms with van der Waals surface area (Å²) in [5.41, 5.74) is 0. The first-order chi connectivity index (χ1) is 8.27. The minimum atomic E-state index is -0.00176. The molecule has 0 spiro atoms. The Bertz CT molecular complexity index is 392. The molecule has 17 heavy (non-hydrogen) atoms. The van der Waals surface area contributed by atoms with Gasteiger partial charge in [0, 0.05) is 6.04 Å². The predicted molar refractivity (Wildman–Crippen MR) is 61.8 cm³/mol. The van der Waals surface area contributed by atoms with E-state index in [-0.39, 0.29) is 29.7 Å². The summed E-state index contributed by atoms with van der Waals surface area (Å²) in [5.74, 6) is 0.990. The van der Waals surface area contributed by atoms with Crippen LogP contribution in [0.25, 0.3) is 0 Å². The van der Waals surface area contributed by atoms with Crippen molar-refractivity contribution in [3.05, 3.63) is 12.2 Å². The number of carbonyl (C=O) groups excluding carboxylic acids is 2. The topological polar surface area (TPSA) is 37.4 Å². The average Bonchev–Trinajstić information content (AvgIpc) is 3.03. The zero-order chi connectivity index (χ0) is 11.6. The maximum atomic E-state index is 12.4. The van der Waals surface area contributed by atoms with Crippen molar-refractivity contribution < 1.29 is 9.59 Å². The Kier molecular flexibility index (Phi) is 1.86. The van der Waals surface area contributed by atoms with Gasteiger partial charge in [0.15, 0.2) is 0 Å². The van der Waals surface area contributed by atoms with Crippen LogP contribution in [0.1, 0.15) is 32.1 Å². The van der Waals surface area contributed by atoms with Gasteiger partial charge in [-0.25, -0.2) is 0 Å². The van der Waals surface area contributed by atoms with Gasteiger partial charge in [-0.2, -0.15) is 0 Å². The summed E-state index contributed by atoms with van der Waals surface area (Å²) in [4.78, 5) is 26.5. The molecular weight excluding hydrogens is 214 g/mol. The number of carbonyl (C=O) groups is 2. The number of fused-ring (bicyclic) bond motifs is 5. The number of hydrogen-bond acceptors (Lipinski definition) is 2. The molecule has 1 heterocycles. The molecule has 4 rings (SSSR count). The third-order valence-corrected chi connectivity index (χ3v) is 5.19. The highest BCUT2D eigenvalue weighted by molar-refractivity contribution is 6.06. The second kappa shape index (κ2) is 3.21. The molecule has 2 amide bonds. The molecule has 0 radical (unpaired) electrons. The monoisotopic (exact) mass is 231 g/mol. The predicted octanol–water partition coefficient (Wildman–Crippen LogP) is 1.74. The summed E-state index contributed by atoms with van der Waals surface area (Å²) in [6, 6.07) is 0.222. The lowest BCUT2D eigenvalue weighted by molar-refractivity contribution is -0.143. The van der Waals surface area contributed by atoms with Crippen LogP contribution in [0.15, 0.2) is 12.2 Å². The van der Waals surface area contributed by atoms with Gasteiger partial charge < -0.3 is 0 Å². The second-order valence-electron chi connectivity index (χ2n) is 5.98. The van der Waals surface area contributed by atoms with Gasteiger partial charge in [0.2, 0.25) is 11.8 Å². The van der Waals surface area contributed by atoms with Gasteiger partial charge in [0.1, 0.15) is 0 Å². The lowest BCUT2D eigenvalue weighted by Crippen LogP contribution is -2.40. The molecule has 0 unspecified atom stereocenters. The summed E-state index contributed by atoms with van der Waals surface area (Å²) < 4.78 is 0. The molecular formula is C14H17NO2. The number of nitrogens with zero attached hydrogens (tertiary/aromatic N) is 1. The van der Waals surface area contributed by atoms with E-state index >= 15 is 0 Å². The first-order valence-electron chi connectivity index (χ1n) is 6.82. The van der Waals surface area contributed by atoms with Gasteiger partial charge in [-0.05, 0) is 31.1 Å². The molecule has 2 bridgehead atoms. The van der Waals surface area contributed by atoms with Crippen molar-refractivity contribution in [1.82, 2.24) is 4.90 Å². The van der Waals surface area contributed by atoms with Crippen LogP contribution in [-0.4, -0.2) is 22.8 Å². The fourth-order valence-corrected chi connectivity index (χ4v) is 4.45. The molecule has 0 N–H and O–H groups in total. The van der Waals surface area contributed by atoms with E-state index in [1.165, 1.54) is 12.8 Å². The maximum absolute atomic E-state index is 12.4. The van der Waals surface area contributed by atoms with Crippen LogP contribution in [0.5, 0.6) is 0 Å². The highest BCUT2D eigenvalue weighted by Crippen LogP contribution is 2.53. The fourth-order valence-electron chi connectivity index (χ4n) is 4.45. The summed E-state index contributed by atoms with van der Waals surface area (Å²) in [7, 11) is 0.